The van der Waals surface area contributed by atoms with Gasteiger partial charge in [-0.25, -0.2) is 4.98 Å². The van der Waals surface area contributed by atoms with E-state index in [0.717, 1.165) is 24.1 Å². The molecule has 22 heavy (non-hydrogen) atoms. The lowest BCUT2D eigenvalue weighted by atomic mass is 10.2. The minimum Gasteiger partial charge on any atom is -0.481 e. The lowest BCUT2D eigenvalue weighted by molar-refractivity contribution is -0.137. The van der Waals surface area contributed by atoms with Gasteiger partial charge in [-0.2, -0.15) is 0 Å². The van der Waals surface area contributed by atoms with Crippen molar-refractivity contribution in [3.63, 3.8) is 0 Å². The Labute approximate surface area is 129 Å². The first kappa shape index (κ1) is 16.0. The smallest absolute Gasteiger partial charge is 0.303 e. The molecule has 2 aromatic heterocycles. The van der Waals surface area contributed by atoms with Crippen molar-refractivity contribution in [2.24, 2.45) is 0 Å². The summed E-state index contributed by atoms with van der Waals surface area (Å²) in [4.78, 5) is 27.1. The molecule has 0 radical (unpaired) electrons. The summed E-state index contributed by atoms with van der Waals surface area (Å²) in [5.74, 6) is -0.923. The van der Waals surface area contributed by atoms with Crippen molar-refractivity contribution in [3.05, 3.63) is 35.3 Å². The second kappa shape index (κ2) is 7.06. The van der Waals surface area contributed by atoms with E-state index in [0.29, 0.717) is 24.4 Å². The van der Waals surface area contributed by atoms with Crippen molar-refractivity contribution in [3.8, 4) is 0 Å². The third-order valence-electron chi connectivity index (χ3n) is 3.52. The number of amides is 1. The average Bonchev–Trinajstić information content (AvgIpc) is 2.77. The summed E-state index contributed by atoms with van der Waals surface area (Å²) < 4.78 is 1.79. The maximum Gasteiger partial charge on any atom is 0.303 e. The van der Waals surface area contributed by atoms with Gasteiger partial charge >= 0.3 is 5.97 Å². The van der Waals surface area contributed by atoms with Crippen LogP contribution in [0.1, 0.15) is 47.4 Å². The third-order valence-corrected chi connectivity index (χ3v) is 3.52. The lowest BCUT2D eigenvalue weighted by Crippen LogP contribution is -2.26. The van der Waals surface area contributed by atoms with E-state index in [9.17, 15) is 9.59 Å². The highest BCUT2D eigenvalue weighted by molar-refractivity contribution is 5.94. The van der Waals surface area contributed by atoms with Crippen LogP contribution in [0.4, 0.5) is 0 Å². The molecule has 0 aromatic carbocycles. The minimum atomic E-state index is -0.777. The number of nitrogens with one attached hydrogen (secondary N) is 1. The molecule has 0 spiro atoms. The number of pyridine rings is 1. The summed E-state index contributed by atoms with van der Waals surface area (Å²) in [7, 11) is 0. The molecule has 2 heterocycles. The summed E-state index contributed by atoms with van der Waals surface area (Å²) in [6.07, 6.45) is 4.23. The number of aromatic nitrogens is 2. The average molecular weight is 303 g/mol. The van der Waals surface area contributed by atoms with Crippen LogP contribution in [-0.2, 0) is 4.79 Å². The molecule has 1 amide bonds. The zero-order valence-electron chi connectivity index (χ0n) is 12.9. The number of carboxylic acids is 1. The fourth-order valence-corrected chi connectivity index (χ4v) is 2.40. The Morgan fingerprint density at radius 3 is 2.77 bits per heavy atom. The summed E-state index contributed by atoms with van der Waals surface area (Å²) in [5, 5.41) is 11.4. The van der Waals surface area contributed by atoms with E-state index in [4.69, 9.17) is 5.11 Å². The number of hydrogen-bond donors (Lipinski definition) is 2. The Morgan fingerprint density at radius 1 is 1.27 bits per heavy atom. The molecular formula is C16H21N3O3. The minimum absolute atomic E-state index is 0.146. The molecule has 118 valence electrons. The molecule has 2 N–H and O–H groups in total. The number of unbranched alkanes of at least 4 members (excludes halogenated alkanes) is 2. The van der Waals surface area contributed by atoms with Crippen LogP contribution in [0.2, 0.25) is 0 Å². The van der Waals surface area contributed by atoms with Crippen LogP contribution >= 0.6 is 0 Å². The van der Waals surface area contributed by atoms with E-state index in [1.54, 1.807) is 4.40 Å². The number of hydrogen-bond acceptors (Lipinski definition) is 3. The van der Waals surface area contributed by atoms with Crippen molar-refractivity contribution in [1.82, 2.24) is 14.7 Å². The largest absolute Gasteiger partial charge is 0.481 e. The Balaban J connectivity index is 1.93. The van der Waals surface area contributed by atoms with Gasteiger partial charge in [0.15, 0.2) is 0 Å². The number of carbonyl (C=O) groups excluding carboxylic acids is 1. The van der Waals surface area contributed by atoms with Crippen LogP contribution in [-0.4, -0.2) is 32.9 Å². The first-order valence-electron chi connectivity index (χ1n) is 7.44. The zero-order valence-corrected chi connectivity index (χ0v) is 12.9. The molecule has 6 nitrogen and oxygen atoms in total. The van der Waals surface area contributed by atoms with Crippen LogP contribution in [0.5, 0.6) is 0 Å². The molecule has 0 aliphatic heterocycles. The van der Waals surface area contributed by atoms with Gasteiger partial charge in [0.1, 0.15) is 11.3 Å². The number of aliphatic carboxylic acids is 1. The van der Waals surface area contributed by atoms with Gasteiger partial charge in [0.05, 0.1) is 5.69 Å². The van der Waals surface area contributed by atoms with Crippen LogP contribution < -0.4 is 5.32 Å². The number of rotatable bonds is 7. The van der Waals surface area contributed by atoms with Gasteiger partial charge in [0, 0.05) is 19.2 Å². The van der Waals surface area contributed by atoms with Crippen molar-refractivity contribution in [2.75, 3.05) is 6.54 Å². The molecule has 0 bridgehead atoms. The van der Waals surface area contributed by atoms with E-state index in [1.165, 1.54) is 0 Å². The Hall–Kier alpha value is -2.37. The normalized spacial score (nSPS) is 10.8. The van der Waals surface area contributed by atoms with Gasteiger partial charge in [-0.05, 0) is 44.4 Å². The first-order valence-corrected chi connectivity index (χ1v) is 7.44. The predicted octanol–water partition coefficient (Wildman–Crippen LogP) is 2.33. The van der Waals surface area contributed by atoms with E-state index in [2.05, 4.69) is 10.3 Å². The molecule has 6 heteroatoms. The second-order valence-electron chi connectivity index (χ2n) is 5.44. The highest BCUT2D eigenvalue weighted by atomic mass is 16.4. The highest BCUT2D eigenvalue weighted by Gasteiger charge is 2.15. The number of fused-ring (bicyclic) bond motifs is 1. The van der Waals surface area contributed by atoms with Crippen LogP contribution in [0.3, 0.4) is 0 Å². The Kier molecular flexibility index (Phi) is 5.14. The summed E-state index contributed by atoms with van der Waals surface area (Å²) in [6, 6.07) is 3.88. The maximum atomic E-state index is 12.3. The number of carboxylic acid groups (broad SMARTS) is 1. The summed E-state index contributed by atoms with van der Waals surface area (Å²) in [5.41, 5.74) is 3.13. The zero-order chi connectivity index (χ0) is 16.1. The number of imidazole rings is 1. The van der Waals surface area contributed by atoms with Gasteiger partial charge < -0.3 is 10.4 Å². The van der Waals surface area contributed by atoms with Gasteiger partial charge in [0.2, 0.25) is 0 Å². The first-order chi connectivity index (χ1) is 10.5. The number of aryl methyl sites for hydroxylation is 2. The van der Waals surface area contributed by atoms with Gasteiger partial charge in [-0.1, -0.05) is 6.42 Å². The molecule has 0 saturated heterocycles. The molecule has 0 atom stereocenters. The topological polar surface area (TPSA) is 83.7 Å². The van der Waals surface area contributed by atoms with E-state index in [-0.39, 0.29) is 12.3 Å². The SMILES string of the molecule is Cc1ccn2c(C(=O)NCCCCCC(=O)O)c(C)nc2c1. The van der Waals surface area contributed by atoms with Crippen LogP contribution in [0.15, 0.2) is 18.3 Å². The lowest BCUT2D eigenvalue weighted by Gasteiger charge is -2.06. The highest BCUT2D eigenvalue weighted by Crippen LogP contribution is 2.13. The van der Waals surface area contributed by atoms with Crippen molar-refractivity contribution in [1.29, 1.82) is 0 Å². The fourth-order valence-electron chi connectivity index (χ4n) is 2.40. The molecule has 0 unspecified atom stereocenters. The fraction of sp³-hybridized carbons (Fsp3) is 0.438. The van der Waals surface area contributed by atoms with Crippen molar-refractivity contribution in [2.45, 2.75) is 39.5 Å². The molecule has 0 saturated carbocycles. The third kappa shape index (κ3) is 3.84. The predicted molar refractivity (Wildman–Crippen MR) is 83.1 cm³/mol. The quantitative estimate of drug-likeness (QED) is 0.769. The summed E-state index contributed by atoms with van der Waals surface area (Å²) >= 11 is 0. The van der Waals surface area contributed by atoms with E-state index in [1.807, 2.05) is 32.2 Å². The standard InChI is InChI=1S/C16H21N3O3/c1-11-7-9-19-13(10-11)18-12(2)15(19)16(22)17-8-5-3-4-6-14(20)21/h7,9-10H,3-6,8H2,1-2H3,(H,17,22)(H,20,21). The monoisotopic (exact) mass is 303 g/mol. The molecule has 0 aliphatic rings. The molecular weight excluding hydrogens is 282 g/mol. The number of nitrogens with zero attached hydrogens (tertiary/aromatic N) is 2. The van der Waals surface area contributed by atoms with Crippen LogP contribution in [0, 0.1) is 13.8 Å². The molecule has 0 aliphatic carbocycles. The van der Waals surface area contributed by atoms with Crippen molar-refractivity contribution >= 4 is 17.5 Å². The molecule has 2 aromatic rings. The Bertz CT molecular complexity index is 691. The van der Waals surface area contributed by atoms with Gasteiger partial charge in [-0.15, -0.1) is 0 Å². The Morgan fingerprint density at radius 2 is 2.05 bits per heavy atom. The number of carbonyl (C=O) groups is 2. The van der Waals surface area contributed by atoms with E-state index >= 15 is 0 Å². The summed E-state index contributed by atoms with van der Waals surface area (Å²) in [6.45, 7) is 4.35. The second-order valence-corrected chi connectivity index (χ2v) is 5.44. The maximum absolute atomic E-state index is 12.3. The molecule has 2 rings (SSSR count). The van der Waals surface area contributed by atoms with Crippen molar-refractivity contribution < 1.29 is 14.7 Å². The van der Waals surface area contributed by atoms with E-state index < -0.39 is 5.97 Å². The van der Waals surface area contributed by atoms with Gasteiger partial charge in [0.25, 0.3) is 5.91 Å². The van der Waals surface area contributed by atoms with Crippen LogP contribution in [0.25, 0.3) is 5.65 Å². The molecule has 0 fully saturated rings. The van der Waals surface area contributed by atoms with Gasteiger partial charge in [-0.3, -0.25) is 14.0 Å².